The van der Waals surface area contributed by atoms with Crippen LogP contribution < -0.4 is 4.72 Å². The molecule has 0 saturated carbocycles. The van der Waals surface area contributed by atoms with Crippen molar-refractivity contribution in [2.75, 3.05) is 19.0 Å². The normalized spacial score (nSPS) is 17.7. The van der Waals surface area contributed by atoms with Gasteiger partial charge in [-0.2, -0.15) is 0 Å². The number of aromatic nitrogens is 1. The molecular formula is C14H19ClN2O4S. The van der Waals surface area contributed by atoms with E-state index in [1.54, 1.807) is 6.07 Å². The summed E-state index contributed by atoms with van der Waals surface area (Å²) in [6.07, 6.45) is 3.10. The summed E-state index contributed by atoms with van der Waals surface area (Å²) in [5.74, 6) is -0.423. The van der Waals surface area contributed by atoms with E-state index in [1.165, 1.54) is 6.20 Å². The Kier molecular flexibility index (Phi) is 5.91. The fourth-order valence-corrected chi connectivity index (χ4v) is 3.79. The number of carbonyl (C=O) groups is 1. The molecule has 0 spiro atoms. The van der Waals surface area contributed by atoms with Crippen molar-refractivity contribution in [2.24, 2.45) is 0 Å². The second kappa shape index (κ2) is 7.50. The van der Waals surface area contributed by atoms with Crippen molar-refractivity contribution < 1.29 is 18.8 Å². The minimum atomic E-state index is -1.22. The van der Waals surface area contributed by atoms with E-state index >= 15 is 0 Å². The van der Waals surface area contributed by atoms with Crippen LogP contribution in [0.2, 0.25) is 5.02 Å². The molecule has 1 saturated heterocycles. The number of aliphatic carboxylic acids is 1. The van der Waals surface area contributed by atoms with Gasteiger partial charge in [-0.25, -0.2) is 8.93 Å². The molecule has 0 aromatic carbocycles. The number of hydrogen-bond donors (Lipinski definition) is 2. The predicted molar refractivity (Wildman–Crippen MR) is 84.1 cm³/mol. The van der Waals surface area contributed by atoms with Gasteiger partial charge < -0.3 is 9.84 Å². The van der Waals surface area contributed by atoms with Crippen molar-refractivity contribution in [1.29, 1.82) is 0 Å². The van der Waals surface area contributed by atoms with Gasteiger partial charge in [0.05, 0.1) is 41.3 Å². The van der Waals surface area contributed by atoms with Crippen molar-refractivity contribution in [3.8, 4) is 0 Å². The first kappa shape index (κ1) is 17.3. The smallest absolute Gasteiger partial charge is 0.307 e. The number of carboxylic acid groups (broad SMARTS) is 1. The van der Waals surface area contributed by atoms with Crippen molar-refractivity contribution >= 4 is 28.6 Å². The molecule has 122 valence electrons. The van der Waals surface area contributed by atoms with Gasteiger partial charge in [0.15, 0.2) is 0 Å². The molecule has 1 unspecified atom stereocenters. The first-order chi connectivity index (χ1) is 10.5. The number of unbranched alkanes of at least 4 members (excludes halogenated alkanes) is 1. The zero-order chi connectivity index (χ0) is 16.2. The number of rotatable bonds is 8. The average molecular weight is 347 g/mol. The molecule has 0 amide bonds. The molecule has 1 aliphatic rings. The monoisotopic (exact) mass is 346 g/mol. The summed E-state index contributed by atoms with van der Waals surface area (Å²) in [4.78, 5) is 15.3. The number of nitrogens with zero attached hydrogens (tertiary/aromatic N) is 1. The van der Waals surface area contributed by atoms with E-state index in [0.717, 1.165) is 12.8 Å². The van der Waals surface area contributed by atoms with Crippen LogP contribution in [0.3, 0.4) is 0 Å². The zero-order valence-electron chi connectivity index (χ0n) is 12.3. The number of hydrogen-bond acceptors (Lipinski definition) is 4. The summed E-state index contributed by atoms with van der Waals surface area (Å²) >= 11 is 5.92. The van der Waals surface area contributed by atoms with E-state index in [0.29, 0.717) is 35.2 Å². The van der Waals surface area contributed by atoms with Gasteiger partial charge in [-0.05, 0) is 18.1 Å². The molecule has 1 aromatic heterocycles. The van der Waals surface area contributed by atoms with Crippen molar-refractivity contribution in [1.82, 2.24) is 9.71 Å². The second-order valence-corrected chi connectivity index (χ2v) is 7.05. The third kappa shape index (κ3) is 4.04. The molecule has 1 aromatic rings. The molecule has 0 aliphatic carbocycles. The molecule has 1 fully saturated rings. The summed E-state index contributed by atoms with van der Waals surface area (Å²) < 4.78 is 20.5. The van der Waals surface area contributed by atoms with E-state index in [-0.39, 0.29) is 6.42 Å². The van der Waals surface area contributed by atoms with E-state index < -0.39 is 22.5 Å². The molecule has 8 heteroatoms. The van der Waals surface area contributed by atoms with Crippen LogP contribution in [-0.2, 0) is 32.5 Å². The van der Waals surface area contributed by atoms with Crippen LogP contribution in [0.1, 0.15) is 31.0 Å². The third-order valence-electron chi connectivity index (χ3n) is 3.42. The van der Waals surface area contributed by atoms with Gasteiger partial charge in [0.1, 0.15) is 5.54 Å². The van der Waals surface area contributed by atoms with Crippen molar-refractivity contribution in [3.63, 3.8) is 0 Å². The van der Waals surface area contributed by atoms with Gasteiger partial charge in [0.2, 0.25) is 0 Å². The van der Waals surface area contributed by atoms with Gasteiger partial charge in [-0.3, -0.25) is 9.78 Å². The van der Waals surface area contributed by atoms with Crippen LogP contribution in [-0.4, -0.2) is 39.2 Å². The Morgan fingerprint density at radius 3 is 2.86 bits per heavy atom. The van der Waals surface area contributed by atoms with E-state index in [2.05, 4.69) is 9.71 Å². The number of pyridine rings is 1. The fourth-order valence-electron chi connectivity index (χ4n) is 2.30. The van der Waals surface area contributed by atoms with Gasteiger partial charge in [0.25, 0.3) is 0 Å². The number of carboxylic acids is 1. The first-order valence-corrected chi connectivity index (χ1v) is 8.77. The molecule has 2 N–H and O–H groups in total. The Morgan fingerprint density at radius 2 is 2.32 bits per heavy atom. The van der Waals surface area contributed by atoms with E-state index in [1.807, 2.05) is 6.92 Å². The van der Waals surface area contributed by atoms with Gasteiger partial charge >= 0.3 is 5.97 Å². The molecule has 0 bridgehead atoms. The lowest BCUT2D eigenvalue weighted by Crippen LogP contribution is -2.59. The highest BCUT2D eigenvalue weighted by Gasteiger charge is 2.44. The highest BCUT2D eigenvalue weighted by atomic mass is 35.5. The molecule has 2 rings (SSSR count). The number of halogens is 1. The minimum absolute atomic E-state index is 0.187. The summed E-state index contributed by atoms with van der Waals surface area (Å²) in [6, 6.07) is 1.59. The largest absolute Gasteiger partial charge is 0.481 e. The molecular weight excluding hydrogens is 328 g/mol. The van der Waals surface area contributed by atoms with Crippen LogP contribution in [0.15, 0.2) is 12.3 Å². The quantitative estimate of drug-likeness (QED) is 0.747. The molecule has 0 radical (unpaired) electrons. The molecule has 1 atom stereocenters. The highest BCUT2D eigenvalue weighted by molar-refractivity contribution is 7.83. The lowest BCUT2D eigenvalue weighted by Gasteiger charge is -2.42. The molecule has 22 heavy (non-hydrogen) atoms. The standard InChI is InChI=1S/C14H19ClN2O4S/c1-2-3-4-22(20)17-14(8-21-9-14)13-10(6-12(18)19)5-11(15)7-16-13/h5,7,17H,2-4,6,8-9H2,1H3,(H,18,19). The summed E-state index contributed by atoms with van der Waals surface area (Å²) in [5, 5.41) is 9.43. The lowest BCUT2D eigenvalue weighted by molar-refractivity contribution is -0.136. The van der Waals surface area contributed by atoms with Crippen molar-refractivity contribution in [2.45, 2.75) is 31.7 Å². The first-order valence-electron chi connectivity index (χ1n) is 7.07. The third-order valence-corrected chi connectivity index (χ3v) is 4.90. The maximum atomic E-state index is 12.2. The Hall–Kier alpha value is -1.02. The van der Waals surface area contributed by atoms with Crippen LogP contribution in [0.25, 0.3) is 0 Å². The van der Waals surface area contributed by atoms with Gasteiger partial charge in [-0.15, -0.1) is 0 Å². The second-order valence-electron chi connectivity index (χ2n) is 5.31. The molecule has 6 nitrogen and oxygen atoms in total. The van der Waals surface area contributed by atoms with Crippen LogP contribution >= 0.6 is 11.6 Å². The predicted octanol–water partition coefficient (Wildman–Crippen LogP) is 1.64. The zero-order valence-corrected chi connectivity index (χ0v) is 13.9. The topological polar surface area (TPSA) is 88.5 Å². The lowest BCUT2D eigenvalue weighted by atomic mass is 9.89. The highest BCUT2D eigenvalue weighted by Crippen LogP contribution is 2.32. The summed E-state index contributed by atoms with van der Waals surface area (Å²) in [5.41, 5.74) is 0.368. The minimum Gasteiger partial charge on any atom is -0.481 e. The van der Waals surface area contributed by atoms with Crippen LogP contribution in [0, 0.1) is 0 Å². The molecule has 1 aliphatic heterocycles. The Bertz CT molecular complexity index is 578. The van der Waals surface area contributed by atoms with Crippen molar-refractivity contribution in [3.05, 3.63) is 28.5 Å². The summed E-state index contributed by atoms with van der Waals surface area (Å²) in [6.45, 7) is 2.66. The Labute approximate surface area is 136 Å². The Morgan fingerprint density at radius 1 is 1.59 bits per heavy atom. The maximum Gasteiger partial charge on any atom is 0.307 e. The van der Waals surface area contributed by atoms with E-state index in [9.17, 15) is 9.00 Å². The molecule has 2 heterocycles. The van der Waals surface area contributed by atoms with Crippen LogP contribution in [0.5, 0.6) is 0 Å². The Balaban J connectivity index is 2.26. The van der Waals surface area contributed by atoms with Gasteiger partial charge in [-0.1, -0.05) is 24.9 Å². The SMILES string of the molecule is CCCCS(=O)NC1(c2ncc(Cl)cc2CC(=O)O)COC1. The maximum absolute atomic E-state index is 12.2. The van der Waals surface area contributed by atoms with Crippen LogP contribution in [0.4, 0.5) is 0 Å². The fraction of sp³-hybridized carbons (Fsp3) is 0.571. The average Bonchev–Trinajstić information content (AvgIpc) is 2.40. The number of nitrogens with one attached hydrogen (secondary N) is 1. The van der Waals surface area contributed by atoms with Gasteiger partial charge in [0, 0.05) is 11.9 Å². The summed E-state index contributed by atoms with van der Waals surface area (Å²) in [7, 11) is -1.22. The van der Waals surface area contributed by atoms with E-state index in [4.69, 9.17) is 21.4 Å². The number of ether oxygens (including phenoxy) is 1.